The van der Waals surface area contributed by atoms with Crippen LogP contribution in [0.2, 0.25) is 0 Å². The fourth-order valence-corrected chi connectivity index (χ4v) is 1.90. The van der Waals surface area contributed by atoms with Crippen molar-refractivity contribution in [1.82, 2.24) is 9.97 Å². The van der Waals surface area contributed by atoms with E-state index in [-0.39, 0.29) is 0 Å². The Kier molecular flexibility index (Phi) is 4.15. The molecule has 18 heavy (non-hydrogen) atoms. The molecule has 0 fully saturated rings. The molecule has 2 aromatic rings. The summed E-state index contributed by atoms with van der Waals surface area (Å²) < 4.78 is 6.73. The maximum absolute atomic E-state index is 5.76. The van der Waals surface area contributed by atoms with Crippen molar-refractivity contribution in [2.75, 3.05) is 11.9 Å². The minimum atomic E-state index is 0.569. The molecule has 0 aliphatic rings. The smallest absolute Gasteiger partial charge is 0.227 e. The number of ether oxygens (including phenoxy) is 1. The maximum atomic E-state index is 5.76. The first-order chi connectivity index (χ1) is 8.70. The van der Waals surface area contributed by atoms with Crippen LogP contribution in [0.4, 0.5) is 5.82 Å². The summed E-state index contributed by atoms with van der Waals surface area (Å²) in [4.78, 5) is 8.33. The fourth-order valence-electron chi connectivity index (χ4n) is 1.52. The lowest BCUT2D eigenvalue weighted by Crippen LogP contribution is -2.03. The summed E-state index contributed by atoms with van der Waals surface area (Å²) >= 11 is 3.41. The summed E-state index contributed by atoms with van der Waals surface area (Å²) in [6.45, 7) is 4.77. The lowest BCUT2D eigenvalue weighted by atomic mass is 10.3. The Morgan fingerprint density at radius 2 is 2.17 bits per heavy atom. The molecule has 5 heteroatoms. The molecule has 1 heterocycles. The van der Waals surface area contributed by atoms with E-state index in [1.807, 2.05) is 38.1 Å². The Labute approximate surface area is 115 Å². The number of aromatic nitrogens is 2. The van der Waals surface area contributed by atoms with E-state index in [9.17, 15) is 0 Å². The topological polar surface area (TPSA) is 47.0 Å². The number of hydrogen-bond donors (Lipinski definition) is 1. The van der Waals surface area contributed by atoms with Gasteiger partial charge in [-0.3, -0.25) is 0 Å². The summed E-state index contributed by atoms with van der Waals surface area (Å²) in [5.74, 6) is 2.12. The summed E-state index contributed by atoms with van der Waals surface area (Å²) in [5, 5.41) is 3.17. The van der Waals surface area contributed by atoms with Gasteiger partial charge in [0, 0.05) is 11.0 Å². The molecule has 0 amide bonds. The van der Waals surface area contributed by atoms with E-state index in [1.165, 1.54) is 6.33 Å². The highest BCUT2D eigenvalue weighted by Gasteiger charge is 2.08. The van der Waals surface area contributed by atoms with Gasteiger partial charge >= 0.3 is 0 Å². The third kappa shape index (κ3) is 2.98. The number of nitrogens with one attached hydrogen (secondary N) is 1. The van der Waals surface area contributed by atoms with E-state index >= 15 is 0 Å². The van der Waals surface area contributed by atoms with E-state index in [1.54, 1.807) is 0 Å². The third-order valence-corrected chi connectivity index (χ3v) is 2.89. The van der Waals surface area contributed by atoms with Gasteiger partial charge < -0.3 is 10.1 Å². The zero-order valence-electron chi connectivity index (χ0n) is 10.3. The molecule has 0 saturated carbocycles. The van der Waals surface area contributed by atoms with Gasteiger partial charge in [-0.1, -0.05) is 22.0 Å². The van der Waals surface area contributed by atoms with Crippen molar-refractivity contribution < 1.29 is 4.74 Å². The van der Waals surface area contributed by atoms with Gasteiger partial charge in [0.15, 0.2) is 0 Å². The van der Waals surface area contributed by atoms with Crippen molar-refractivity contribution in [1.29, 1.82) is 0 Å². The molecule has 0 aliphatic carbocycles. The van der Waals surface area contributed by atoms with Crippen LogP contribution in [-0.2, 0) is 0 Å². The molecule has 1 aromatic heterocycles. The predicted octanol–water partition coefficient (Wildman–Crippen LogP) is 3.77. The van der Waals surface area contributed by atoms with Crippen LogP contribution in [0.25, 0.3) is 0 Å². The monoisotopic (exact) mass is 307 g/mol. The standard InChI is InChI=1S/C13H14BrN3O/c1-3-15-12-9(2)13(17-8-16-12)18-11-6-4-5-10(14)7-11/h4-8H,3H2,1-2H3,(H,15,16,17). The largest absolute Gasteiger partial charge is 0.439 e. The Morgan fingerprint density at radius 3 is 2.89 bits per heavy atom. The van der Waals surface area contributed by atoms with E-state index < -0.39 is 0 Å². The van der Waals surface area contributed by atoms with Crippen molar-refractivity contribution in [2.24, 2.45) is 0 Å². The summed E-state index contributed by atoms with van der Waals surface area (Å²) in [7, 11) is 0. The first-order valence-corrected chi connectivity index (χ1v) is 6.49. The highest BCUT2D eigenvalue weighted by Crippen LogP contribution is 2.27. The van der Waals surface area contributed by atoms with Gasteiger partial charge in [0.25, 0.3) is 0 Å². The molecular weight excluding hydrogens is 294 g/mol. The van der Waals surface area contributed by atoms with E-state index in [2.05, 4.69) is 31.2 Å². The van der Waals surface area contributed by atoms with Crippen LogP contribution in [0.1, 0.15) is 12.5 Å². The Bertz CT molecular complexity index is 546. The minimum Gasteiger partial charge on any atom is -0.439 e. The first kappa shape index (κ1) is 12.8. The second-order valence-corrected chi connectivity index (χ2v) is 4.66. The van der Waals surface area contributed by atoms with E-state index in [0.717, 1.165) is 28.1 Å². The average Bonchev–Trinajstić information content (AvgIpc) is 2.35. The van der Waals surface area contributed by atoms with Crippen molar-refractivity contribution in [3.05, 3.63) is 40.6 Å². The zero-order valence-corrected chi connectivity index (χ0v) is 11.9. The van der Waals surface area contributed by atoms with Crippen LogP contribution in [0.15, 0.2) is 35.1 Å². The van der Waals surface area contributed by atoms with E-state index in [4.69, 9.17) is 4.74 Å². The number of hydrogen-bond acceptors (Lipinski definition) is 4. The van der Waals surface area contributed by atoms with Gasteiger partial charge in [-0.15, -0.1) is 0 Å². The summed E-state index contributed by atoms with van der Waals surface area (Å²) in [6.07, 6.45) is 1.50. The van der Waals surface area contributed by atoms with Crippen LogP contribution in [-0.4, -0.2) is 16.5 Å². The second kappa shape index (κ2) is 5.82. The number of benzene rings is 1. The molecule has 0 unspecified atom stereocenters. The SMILES string of the molecule is CCNc1ncnc(Oc2cccc(Br)c2)c1C. The second-order valence-electron chi connectivity index (χ2n) is 3.74. The van der Waals surface area contributed by atoms with Gasteiger partial charge in [0.05, 0.1) is 5.56 Å². The molecule has 0 spiro atoms. The molecular formula is C13H14BrN3O. The maximum Gasteiger partial charge on any atom is 0.227 e. The number of rotatable bonds is 4. The average molecular weight is 308 g/mol. The van der Waals surface area contributed by atoms with Gasteiger partial charge in [-0.05, 0) is 32.0 Å². The van der Waals surface area contributed by atoms with Crippen molar-refractivity contribution in [3.63, 3.8) is 0 Å². The molecule has 1 aromatic carbocycles. The lowest BCUT2D eigenvalue weighted by molar-refractivity contribution is 0.457. The normalized spacial score (nSPS) is 10.2. The third-order valence-electron chi connectivity index (χ3n) is 2.39. The molecule has 0 aliphatic heterocycles. The molecule has 0 atom stereocenters. The number of halogens is 1. The van der Waals surface area contributed by atoms with Crippen molar-refractivity contribution in [3.8, 4) is 11.6 Å². The van der Waals surface area contributed by atoms with E-state index in [0.29, 0.717) is 5.88 Å². The molecule has 94 valence electrons. The van der Waals surface area contributed by atoms with Gasteiger partial charge in [-0.2, -0.15) is 0 Å². The summed E-state index contributed by atoms with van der Waals surface area (Å²) in [6, 6.07) is 7.65. The first-order valence-electron chi connectivity index (χ1n) is 5.69. The predicted molar refractivity (Wildman–Crippen MR) is 75.1 cm³/mol. The minimum absolute atomic E-state index is 0.569. The van der Waals surface area contributed by atoms with Gasteiger partial charge in [0.2, 0.25) is 5.88 Å². The highest BCUT2D eigenvalue weighted by molar-refractivity contribution is 9.10. The van der Waals surface area contributed by atoms with Crippen molar-refractivity contribution >= 4 is 21.7 Å². The molecule has 0 radical (unpaired) electrons. The van der Waals surface area contributed by atoms with Crippen molar-refractivity contribution in [2.45, 2.75) is 13.8 Å². The van der Waals surface area contributed by atoms with Crippen LogP contribution in [0.5, 0.6) is 11.6 Å². The molecule has 0 saturated heterocycles. The molecule has 1 N–H and O–H groups in total. The van der Waals surface area contributed by atoms with Crippen LogP contribution < -0.4 is 10.1 Å². The highest BCUT2D eigenvalue weighted by atomic mass is 79.9. The van der Waals surface area contributed by atoms with Gasteiger partial charge in [-0.25, -0.2) is 9.97 Å². The Balaban J connectivity index is 2.26. The molecule has 2 rings (SSSR count). The molecule has 0 bridgehead atoms. The summed E-state index contributed by atoms with van der Waals surface area (Å²) in [5.41, 5.74) is 0.902. The van der Waals surface area contributed by atoms with Crippen LogP contribution in [0, 0.1) is 6.92 Å². The number of anilines is 1. The zero-order chi connectivity index (χ0) is 13.0. The quantitative estimate of drug-likeness (QED) is 0.934. The van der Waals surface area contributed by atoms with Crippen LogP contribution >= 0.6 is 15.9 Å². The Hall–Kier alpha value is -1.62. The molecule has 4 nitrogen and oxygen atoms in total. The van der Waals surface area contributed by atoms with Gasteiger partial charge in [0.1, 0.15) is 17.9 Å². The Morgan fingerprint density at radius 1 is 1.33 bits per heavy atom. The lowest BCUT2D eigenvalue weighted by Gasteiger charge is -2.11. The fraction of sp³-hybridized carbons (Fsp3) is 0.231. The van der Waals surface area contributed by atoms with Crippen LogP contribution in [0.3, 0.4) is 0 Å². The number of nitrogens with zero attached hydrogens (tertiary/aromatic N) is 2.